The van der Waals surface area contributed by atoms with Crippen LogP contribution in [0.4, 0.5) is 0 Å². The van der Waals surface area contributed by atoms with Crippen LogP contribution in [0.15, 0.2) is 24.3 Å². The maximum absolute atomic E-state index is 8.76. The zero-order valence-corrected chi connectivity index (χ0v) is 8.27. The Balaban J connectivity index is 2.70. The summed E-state index contributed by atoms with van der Waals surface area (Å²) in [5, 5.41) is 9.59. The van der Waals surface area contributed by atoms with E-state index in [-0.39, 0.29) is 5.82 Å². The molecule has 0 saturated carbocycles. The molecule has 0 unspecified atom stereocenters. The molecule has 0 aliphatic heterocycles. The van der Waals surface area contributed by atoms with Crippen molar-refractivity contribution in [2.24, 2.45) is 0 Å². The third kappa shape index (κ3) is 1.72. The first-order valence-corrected chi connectivity index (χ1v) is 4.65. The number of hydrogen-bond acceptors (Lipinski definition) is 4. The van der Waals surface area contributed by atoms with Gasteiger partial charge in [0.05, 0.1) is 17.5 Å². The minimum atomic E-state index is 0.136. The summed E-state index contributed by atoms with van der Waals surface area (Å²) in [7, 11) is 0. The van der Waals surface area contributed by atoms with Crippen LogP contribution in [0.1, 0.15) is 12.7 Å². The molecule has 15 heavy (non-hydrogen) atoms. The zero-order chi connectivity index (χ0) is 10.7. The van der Waals surface area contributed by atoms with Gasteiger partial charge in [0, 0.05) is 0 Å². The van der Waals surface area contributed by atoms with Crippen molar-refractivity contribution < 1.29 is 4.74 Å². The fraction of sp³-hybridized carbons (Fsp3) is 0.182. The first-order chi connectivity index (χ1) is 7.35. The Bertz CT molecular complexity index is 531. The molecule has 0 radical (unpaired) electrons. The van der Waals surface area contributed by atoms with Gasteiger partial charge in [-0.15, -0.1) is 0 Å². The van der Waals surface area contributed by atoms with Gasteiger partial charge in [0.1, 0.15) is 6.07 Å². The number of rotatable bonds is 2. The third-order valence-corrected chi connectivity index (χ3v) is 1.95. The minimum absolute atomic E-state index is 0.136. The minimum Gasteiger partial charge on any atom is -0.477 e. The van der Waals surface area contributed by atoms with Crippen LogP contribution in [0.2, 0.25) is 0 Å². The average molecular weight is 199 g/mol. The zero-order valence-electron chi connectivity index (χ0n) is 8.27. The molecule has 1 aromatic heterocycles. The summed E-state index contributed by atoms with van der Waals surface area (Å²) < 4.78 is 5.36. The summed E-state index contributed by atoms with van der Waals surface area (Å²) in [5.41, 5.74) is 0.729. The van der Waals surface area contributed by atoms with Crippen LogP contribution in [0.25, 0.3) is 10.9 Å². The summed E-state index contributed by atoms with van der Waals surface area (Å²) in [4.78, 5) is 8.10. The van der Waals surface area contributed by atoms with Crippen LogP contribution < -0.4 is 4.74 Å². The molecule has 2 rings (SSSR count). The van der Waals surface area contributed by atoms with Gasteiger partial charge in [0.25, 0.3) is 0 Å². The van der Waals surface area contributed by atoms with E-state index < -0.39 is 0 Å². The fourth-order valence-corrected chi connectivity index (χ4v) is 1.34. The summed E-state index contributed by atoms with van der Waals surface area (Å²) in [6.45, 7) is 2.40. The van der Waals surface area contributed by atoms with E-state index in [4.69, 9.17) is 10.00 Å². The molecule has 0 spiro atoms. The van der Waals surface area contributed by atoms with Crippen molar-refractivity contribution in [2.45, 2.75) is 6.92 Å². The molecule has 0 amide bonds. The largest absolute Gasteiger partial charge is 0.477 e. The fourth-order valence-electron chi connectivity index (χ4n) is 1.34. The molecular weight excluding hydrogens is 190 g/mol. The van der Waals surface area contributed by atoms with Crippen LogP contribution >= 0.6 is 0 Å². The molecule has 0 aliphatic carbocycles. The maximum atomic E-state index is 8.76. The highest BCUT2D eigenvalue weighted by Crippen LogP contribution is 2.21. The van der Waals surface area contributed by atoms with Gasteiger partial charge >= 0.3 is 0 Å². The molecule has 0 saturated heterocycles. The highest BCUT2D eigenvalue weighted by molar-refractivity contribution is 5.83. The van der Waals surface area contributed by atoms with Crippen molar-refractivity contribution in [2.75, 3.05) is 6.61 Å². The van der Waals surface area contributed by atoms with Gasteiger partial charge in [0.2, 0.25) is 11.7 Å². The van der Waals surface area contributed by atoms with Gasteiger partial charge in [-0.1, -0.05) is 12.1 Å². The monoisotopic (exact) mass is 199 g/mol. The van der Waals surface area contributed by atoms with E-state index in [0.29, 0.717) is 12.5 Å². The first kappa shape index (κ1) is 9.41. The van der Waals surface area contributed by atoms with E-state index in [1.165, 1.54) is 0 Å². The normalized spacial score (nSPS) is 9.87. The summed E-state index contributed by atoms with van der Waals surface area (Å²) in [5.74, 6) is 0.608. The second-order valence-corrected chi connectivity index (χ2v) is 2.91. The maximum Gasteiger partial charge on any atom is 0.236 e. The molecule has 4 nitrogen and oxygen atoms in total. The Morgan fingerprint density at radius 3 is 2.87 bits per heavy atom. The van der Waals surface area contributed by atoms with Gasteiger partial charge in [-0.25, -0.2) is 4.98 Å². The Labute approximate surface area is 87.2 Å². The van der Waals surface area contributed by atoms with Crippen LogP contribution in [0, 0.1) is 11.3 Å². The number of para-hydroxylation sites is 1. The second kappa shape index (κ2) is 3.93. The highest BCUT2D eigenvalue weighted by Gasteiger charge is 2.06. The van der Waals surface area contributed by atoms with E-state index in [1.807, 2.05) is 37.3 Å². The van der Waals surface area contributed by atoms with Crippen LogP contribution in [0.3, 0.4) is 0 Å². The van der Waals surface area contributed by atoms with Crippen molar-refractivity contribution in [1.29, 1.82) is 5.26 Å². The van der Waals surface area contributed by atoms with Crippen molar-refractivity contribution >= 4 is 10.9 Å². The van der Waals surface area contributed by atoms with Gasteiger partial charge < -0.3 is 4.74 Å². The lowest BCUT2D eigenvalue weighted by atomic mass is 10.2. The van der Waals surface area contributed by atoms with E-state index in [2.05, 4.69) is 9.97 Å². The second-order valence-electron chi connectivity index (χ2n) is 2.91. The predicted octanol–water partition coefficient (Wildman–Crippen LogP) is 1.90. The van der Waals surface area contributed by atoms with Gasteiger partial charge in [0.15, 0.2) is 0 Å². The van der Waals surface area contributed by atoms with Gasteiger partial charge in [-0.3, -0.25) is 0 Å². The van der Waals surface area contributed by atoms with Crippen LogP contribution in [0.5, 0.6) is 5.88 Å². The van der Waals surface area contributed by atoms with E-state index in [9.17, 15) is 0 Å². The van der Waals surface area contributed by atoms with Crippen LogP contribution in [-0.4, -0.2) is 16.6 Å². The number of nitrogens with zero attached hydrogens (tertiary/aromatic N) is 3. The Morgan fingerprint density at radius 2 is 2.13 bits per heavy atom. The molecule has 0 bridgehead atoms. The van der Waals surface area contributed by atoms with Crippen molar-refractivity contribution in [3.05, 3.63) is 30.1 Å². The lowest BCUT2D eigenvalue weighted by Crippen LogP contribution is -1.99. The standard InChI is InChI=1S/C11H9N3O/c1-2-15-11-8-5-3-4-6-9(8)13-10(7-12)14-11/h3-6H,2H2,1H3. The number of aromatic nitrogens is 2. The highest BCUT2D eigenvalue weighted by atomic mass is 16.5. The van der Waals surface area contributed by atoms with E-state index in [0.717, 1.165) is 10.9 Å². The van der Waals surface area contributed by atoms with Gasteiger partial charge in [-0.2, -0.15) is 10.2 Å². The quantitative estimate of drug-likeness (QED) is 0.741. The summed E-state index contributed by atoms with van der Waals surface area (Å²) in [6, 6.07) is 9.38. The molecule has 0 aliphatic rings. The number of fused-ring (bicyclic) bond motifs is 1. The van der Waals surface area contributed by atoms with Crippen molar-refractivity contribution in [3.63, 3.8) is 0 Å². The molecule has 0 N–H and O–H groups in total. The topological polar surface area (TPSA) is 58.8 Å². The Morgan fingerprint density at radius 1 is 1.33 bits per heavy atom. The Hall–Kier alpha value is -2.15. The molecule has 74 valence electrons. The first-order valence-electron chi connectivity index (χ1n) is 4.65. The molecular formula is C11H9N3O. The number of ether oxygens (including phenoxy) is 1. The molecule has 0 fully saturated rings. The molecule has 2 aromatic rings. The third-order valence-electron chi connectivity index (χ3n) is 1.95. The lowest BCUT2D eigenvalue weighted by molar-refractivity contribution is 0.330. The molecule has 1 aromatic carbocycles. The van der Waals surface area contributed by atoms with Crippen LogP contribution in [-0.2, 0) is 0 Å². The Kier molecular flexibility index (Phi) is 2.46. The number of benzene rings is 1. The van der Waals surface area contributed by atoms with Gasteiger partial charge in [-0.05, 0) is 19.1 Å². The van der Waals surface area contributed by atoms with E-state index >= 15 is 0 Å². The average Bonchev–Trinajstić information content (AvgIpc) is 2.29. The number of hydrogen-bond donors (Lipinski definition) is 0. The predicted molar refractivity (Wildman–Crippen MR) is 55.4 cm³/mol. The summed E-state index contributed by atoms with van der Waals surface area (Å²) >= 11 is 0. The van der Waals surface area contributed by atoms with Crippen molar-refractivity contribution in [3.8, 4) is 11.9 Å². The van der Waals surface area contributed by atoms with Crippen molar-refractivity contribution in [1.82, 2.24) is 9.97 Å². The lowest BCUT2D eigenvalue weighted by Gasteiger charge is -2.05. The SMILES string of the molecule is CCOc1nc(C#N)nc2ccccc12. The molecule has 4 heteroatoms. The molecule has 1 heterocycles. The molecule has 0 atom stereocenters. The summed E-state index contributed by atoms with van der Waals surface area (Å²) in [6.07, 6.45) is 0. The smallest absolute Gasteiger partial charge is 0.236 e. The van der Waals surface area contributed by atoms with E-state index in [1.54, 1.807) is 0 Å². The number of nitriles is 1.